The number of likely N-dealkylation sites (N-methyl/N-ethyl adjacent to an activating group) is 1. The maximum absolute atomic E-state index is 13.2. The van der Waals surface area contributed by atoms with Gasteiger partial charge >= 0.3 is 23.9 Å². The number of piperidine rings is 1. The molecule has 12 nitrogen and oxygen atoms in total. The Hall–Kier alpha value is -3.64. The summed E-state index contributed by atoms with van der Waals surface area (Å²) < 4.78 is 27.5. The van der Waals surface area contributed by atoms with Crippen LogP contribution in [-0.4, -0.2) is 89.6 Å². The molecule has 4 aliphatic rings. The Morgan fingerprint density at radius 1 is 1.23 bits per heavy atom. The summed E-state index contributed by atoms with van der Waals surface area (Å²) in [4.78, 5) is 50.4. The van der Waals surface area contributed by atoms with Crippen LogP contribution in [0.4, 0.5) is 0 Å². The van der Waals surface area contributed by atoms with Crippen molar-refractivity contribution in [2.24, 2.45) is 0 Å². The Labute approximate surface area is 224 Å². The molecule has 6 atom stereocenters. The van der Waals surface area contributed by atoms with Gasteiger partial charge in [-0.1, -0.05) is 6.07 Å². The zero-order chi connectivity index (χ0) is 28.3. The van der Waals surface area contributed by atoms with Gasteiger partial charge in [0.15, 0.2) is 23.7 Å². The summed E-state index contributed by atoms with van der Waals surface area (Å²) in [6.45, 7) is 2.90. The van der Waals surface area contributed by atoms with Crippen molar-refractivity contribution >= 4 is 23.9 Å². The van der Waals surface area contributed by atoms with E-state index in [0.29, 0.717) is 30.9 Å². The van der Waals surface area contributed by atoms with Gasteiger partial charge in [-0.15, -0.1) is 0 Å². The first-order valence-electron chi connectivity index (χ1n) is 12.7. The lowest BCUT2D eigenvalue weighted by atomic mass is 9.50. The van der Waals surface area contributed by atoms with E-state index in [1.807, 2.05) is 19.2 Å². The normalized spacial score (nSPS) is 29.6. The van der Waals surface area contributed by atoms with E-state index >= 15 is 0 Å². The highest BCUT2D eigenvalue weighted by atomic mass is 16.6. The average Bonchev–Trinajstić information content (AvgIpc) is 3.22. The number of likely N-dealkylation sites (tertiary alicyclic amines) is 1. The van der Waals surface area contributed by atoms with Gasteiger partial charge in [0.05, 0.1) is 24.5 Å². The zero-order valence-electron chi connectivity index (χ0n) is 22.1. The highest BCUT2D eigenvalue weighted by Gasteiger charge is 2.72. The molecular weight excluding hydrogens is 514 g/mol. The first-order chi connectivity index (χ1) is 18.4. The summed E-state index contributed by atoms with van der Waals surface area (Å²) >= 11 is 0. The Morgan fingerprint density at radius 2 is 1.97 bits per heavy atom. The summed E-state index contributed by atoms with van der Waals surface area (Å²) in [5.41, 5.74) is -0.256. The van der Waals surface area contributed by atoms with Crippen LogP contribution in [0.15, 0.2) is 24.0 Å². The Morgan fingerprint density at radius 3 is 2.64 bits per heavy atom. The smallest absolute Gasteiger partial charge is 0.353 e. The number of aliphatic hydroxyl groups is 1. The molecule has 1 aromatic rings. The number of aliphatic carboxylic acids is 1. The Bertz CT molecular complexity index is 1270. The fourth-order valence-electron chi connectivity index (χ4n) is 6.59. The van der Waals surface area contributed by atoms with Gasteiger partial charge in [-0.2, -0.15) is 0 Å². The molecule has 0 amide bonds. The Balaban J connectivity index is 1.47. The first kappa shape index (κ1) is 26.9. The molecule has 12 heteroatoms. The number of nitrogens with zero attached hydrogens (tertiary/aromatic N) is 1. The van der Waals surface area contributed by atoms with Crippen LogP contribution in [0.3, 0.4) is 0 Å². The number of hydrogen-bond donors (Lipinski definition) is 2. The molecule has 0 saturated carbocycles. The summed E-state index contributed by atoms with van der Waals surface area (Å²) in [6, 6.07) is 3.59. The number of rotatable bonds is 8. The number of esters is 3. The van der Waals surface area contributed by atoms with Crippen LogP contribution >= 0.6 is 0 Å². The molecule has 2 N–H and O–H groups in total. The van der Waals surface area contributed by atoms with Crippen molar-refractivity contribution in [3.8, 4) is 11.5 Å². The quantitative estimate of drug-likeness (QED) is 0.351. The fraction of sp³-hybridized carbons (Fsp3) is 0.556. The van der Waals surface area contributed by atoms with E-state index in [2.05, 4.69) is 4.90 Å². The summed E-state index contributed by atoms with van der Waals surface area (Å²) in [6.07, 6.45) is -1.83. The number of carboxylic acids is 1. The van der Waals surface area contributed by atoms with Crippen LogP contribution in [-0.2, 0) is 45.2 Å². The van der Waals surface area contributed by atoms with E-state index in [9.17, 15) is 24.3 Å². The maximum Gasteiger partial charge on any atom is 0.353 e. The topological polar surface area (TPSA) is 158 Å². The van der Waals surface area contributed by atoms with Crippen molar-refractivity contribution in [1.82, 2.24) is 4.90 Å². The van der Waals surface area contributed by atoms with Crippen molar-refractivity contribution in [3.63, 3.8) is 0 Å². The van der Waals surface area contributed by atoms with E-state index in [1.165, 1.54) is 7.11 Å². The van der Waals surface area contributed by atoms with Crippen LogP contribution in [0, 0.1) is 0 Å². The monoisotopic (exact) mass is 545 g/mol. The highest BCUT2D eigenvalue weighted by molar-refractivity contribution is 5.86. The van der Waals surface area contributed by atoms with Crippen LogP contribution in [0.5, 0.6) is 11.5 Å². The minimum absolute atomic E-state index is 0.128. The molecule has 5 rings (SSSR count). The third-order valence-corrected chi connectivity index (χ3v) is 8.36. The second kappa shape index (κ2) is 9.53. The summed E-state index contributed by atoms with van der Waals surface area (Å²) in [7, 11) is 3.50. The molecule has 0 aromatic heterocycles. The predicted molar refractivity (Wildman–Crippen MR) is 131 cm³/mol. The summed E-state index contributed by atoms with van der Waals surface area (Å²) in [5.74, 6) is -3.20. The molecule has 0 radical (unpaired) electrons. The Kier molecular flexibility index (Phi) is 6.58. The van der Waals surface area contributed by atoms with Crippen molar-refractivity contribution in [1.29, 1.82) is 0 Å². The standard InChI is InChI=1S/C27H31NO11/c1-13(24(31)32)36-20(30)12-18(37-14(2)29)25(33)38-17-7-8-27(34)19-11-15-5-6-16(35-4)22-21(15)26(27,23(17)39-22)9-10-28(19)3/h5-7,13,18-19,23,34H,8-12H2,1-4H3,(H,31,32)/t13-,18-,19+,23-,26-,27+/m0/s1. The molecule has 0 unspecified atom stereocenters. The highest BCUT2D eigenvalue weighted by Crippen LogP contribution is 2.65. The second-order valence-corrected chi connectivity index (χ2v) is 10.5. The first-order valence-corrected chi connectivity index (χ1v) is 12.7. The zero-order valence-corrected chi connectivity index (χ0v) is 22.1. The van der Waals surface area contributed by atoms with Crippen LogP contribution < -0.4 is 9.47 Å². The lowest BCUT2D eigenvalue weighted by Crippen LogP contribution is -2.74. The fourth-order valence-corrected chi connectivity index (χ4v) is 6.59. The lowest BCUT2D eigenvalue weighted by molar-refractivity contribution is -0.178. The van der Waals surface area contributed by atoms with Crippen molar-refractivity contribution in [2.45, 2.75) is 74.9 Å². The molecule has 1 fully saturated rings. The molecule has 1 aromatic carbocycles. The molecule has 1 saturated heterocycles. The molecule has 39 heavy (non-hydrogen) atoms. The largest absolute Gasteiger partial charge is 0.493 e. The number of benzene rings is 1. The van der Waals surface area contributed by atoms with Gasteiger partial charge in [-0.05, 0) is 51.1 Å². The van der Waals surface area contributed by atoms with E-state index in [4.69, 9.17) is 28.8 Å². The lowest BCUT2D eigenvalue weighted by Gasteiger charge is -2.61. The third-order valence-electron chi connectivity index (χ3n) is 8.36. The van der Waals surface area contributed by atoms with Gasteiger partial charge in [0.25, 0.3) is 0 Å². The van der Waals surface area contributed by atoms with Gasteiger partial charge in [0, 0.05) is 24.9 Å². The number of carbonyl (C=O) groups excluding carboxylic acids is 3. The van der Waals surface area contributed by atoms with Gasteiger partial charge in [-0.25, -0.2) is 9.59 Å². The summed E-state index contributed by atoms with van der Waals surface area (Å²) in [5, 5.41) is 21.2. The second-order valence-electron chi connectivity index (χ2n) is 10.5. The van der Waals surface area contributed by atoms with Crippen molar-refractivity contribution in [3.05, 3.63) is 35.1 Å². The maximum atomic E-state index is 13.2. The minimum atomic E-state index is -1.68. The minimum Gasteiger partial charge on any atom is -0.493 e. The van der Waals surface area contributed by atoms with E-state index in [-0.39, 0.29) is 18.2 Å². The number of carboxylic acid groups (broad SMARTS) is 1. The van der Waals surface area contributed by atoms with Gasteiger partial charge < -0.3 is 38.8 Å². The van der Waals surface area contributed by atoms with Gasteiger partial charge in [-0.3, -0.25) is 9.59 Å². The number of ether oxygens (including phenoxy) is 5. The van der Waals surface area contributed by atoms with E-state index in [0.717, 1.165) is 25.0 Å². The van der Waals surface area contributed by atoms with Gasteiger partial charge in [0.2, 0.25) is 6.10 Å². The molecule has 2 heterocycles. The predicted octanol–water partition coefficient (Wildman–Crippen LogP) is 0.854. The molecule has 2 aliphatic heterocycles. The molecule has 2 bridgehead atoms. The van der Waals surface area contributed by atoms with E-state index < -0.39 is 59.6 Å². The van der Waals surface area contributed by atoms with E-state index in [1.54, 1.807) is 6.08 Å². The third kappa shape index (κ3) is 4.04. The molecular formula is C27H31NO11. The molecule has 1 spiro atoms. The number of carbonyl (C=O) groups is 4. The van der Waals surface area contributed by atoms with Crippen LogP contribution in [0.2, 0.25) is 0 Å². The number of methoxy groups -OCH3 is 1. The van der Waals surface area contributed by atoms with Gasteiger partial charge in [0.1, 0.15) is 5.76 Å². The average molecular weight is 546 g/mol. The van der Waals surface area contributed by atoms with Crippen molar-refractivity contribution in [2.75, 3.05) is 20.7 Å². The molecule has 2 aliphatic carbocycles. The van der Waals surface area contributed by atoms with Crippen LogP contribution in [0.25, 0.3) is 0 Å². The SMILES string of the molecule is COc1ccc2c3c1O[C@H]1C(OC(=O)[C@H](CC(=O)O[C@@H](C)C(=O)O)OC(C)=O)=CC[C@@]4(O)[C@@H](C2)N(C)CC[C@]314. The molecule has 210 valence electrons. The van der Waals surface area contributed by atoms with Crippen molar-refractivity contribution < 1.29 is 53.1 Å². The number of hydrogen-bond acceptors (Lipinski definition) is 11. The van der Waals surface area contributed by atoms with Crippen LogP contribution in [0.1, 0.15) is 44.2 Å².